The number of esters is 1. The third-order valence-electron chi connectivity index (χ3n) is 1.27. The maximum Gasteiger partial charge on any atom is 1.00 e. The molecular formula is C6H12Li2O7S. The Hall–Kier alpha value is 0.0448. The predicted molar refractivity (Wildman–Crippen MR) is 46.4 cm³/mol. The van der Waals surface area contributed by atoms with Crippen LogP contribution in [-0.2, 0) is 24.4 Å². The van der Waals surface area contributed by atoms with Gasteiger partial charge in [0.05, 0.1) is 13.0 Å². The van der Waals surface area contributed by atoms with Crippen LogP contribution in [0, 0.1) is 0 Å². The van der Waals surface area contributed by atoms with Crippen molar-refractivity contribution >= 4 is 22.1 Å². The first kappa shape index (κ1) is 21.3. The molecule has 0 aliphatic rings. The van der Waals surface area contributed by atoms with E-state index >= 15 is 0 Å². The van der Waals surface area contributed by atoms with Crippen LogP contribution >= 0.6 is 0 Å². The molecule has 0 saturated carbocycles. The summed E-state index contributed by atoms with van der Waals surface area (Å²) in [6, 6.07) is 0. The predicted octanol–water partition coefficient (Wildman–Crippen LogP) is -6.49. The number of ether oxygens (including phenoxy) is 1. The molecule has 0 aliphatic heterocycles. The number of carbonyl (C=O) groups is 2. The molecule has 0 spiro atoms. The Morgan fingerprint density at radius 2 is 1.81 bits per heavy atom. The molecule has 0 heterocycles. The van der Waals surface area contributed by atoms with Crippen LogP contribution in [0.25, 0.3) is 0 Å². The average Bonchev–Trinajstić information content (AvgIpc) is 1.98. The Kier molecular flexibility index (Phi) is 12.2. The minimum atomic E-state index is -4.74. The maximum atomic E-state index is 10.9. The van der Waals surface area contributed by atoms with E-state index in [2.05, 4.69) is 4.74 Å². The molecule has 16 heavy (non-hydrogen) atoms. The van der Waals surface area contributed by atoms with Gasteiger partial charge in [0.25, 0.3) is 10.1 Å². The molecule has 1 unspecified atom stereocenters. The third kappa shape index (κ3) is 8.23. The van der Waals surface area contributed by atoms with Gasteiger partial charge < -0.3 is 12.7 Å². The van der Waals surface area contributed by atoms with Gasteiger partial charge in [-0.15, -0.1) is 0 Å². The van der Waals surface area contributed by atoms with Crippen molar-refractivity contribution in [3.05, 3.63) is 0 Å². The fourth-order valence-electron chi connectivity index (χ4n) is 0.704. The summed E-state index contributed by atoms with van der Waals surface area (Å²) in [6.07, 6.45) is -1.02. The second-order valence-corrected chi connectivity index (χ2v) is 3.95. The van der Waals surface area contributed by atoms with Gasteiger partial charge in [0.2, 0.25) is 0 Å². The molecule has 1 atom stereocenters. The molecule has 0 rings (SSSR count). The summed E-state index contributed by atoms with van der Waals surface area (Å²) in [7, 11) is -4.74. The molecule has 7 nitrogen and oxygen atoms in total. The molecule has 0 bridgehead atoms. The summed E-state index contributed by atoms with van der Waals surface area (Å²) in [5.41, 5.74) is 0. The molecule has 0 aromatic carbocycles. The van der Waals surface area contributed by atoms with E-state index in [1.807, 2.05) is 0 Å². The first-order valence-electron chi connectivity index (χ1n) is 3.63. The smallest absolute Gasteiger partial charge is 1.00 e. The van der Waals surface area contributed by atoms with E-state index in [-0.39, 0.29) is 47.2 Å². The number of rotatable bonds is 5. The van der Waals surface area contributed by atoms with Gasteiger partial charge in [-0.2, -0.15) is 8.42 Å². The summed E-state index contributed by atoms with van der Waals surface area (Å²) >= 11 is 0. The number of hydrogen-bond acceptors (Lipinski definition) is 5. The zero-order chi connectivity index (χ0) is 11.4. The van der Waals surface area contributed by atoms with Crippen LogP contribution in [0.5, 0.6) is 0 Å². The van der Waals surface area contributed by atoms with E-state index in [4.69, 9.17) is 9.66 Å². The fourth-order valence-corrected chi connectivity index (χ4v) is 1.37. The van der Waals surface area contributed by atoms with E-state index in [1.165, 1.54) is 6.92 Å². The zero-order valence-electron chi connectivity index (χ0n) is 11.3. The van der Waals surface area contributed by atoms with Crippen LogP contribution in [0.2, 0.25) is 0 Å². The monoisotopic (exact) mass is 242 g/mol. The molecule has 2 N–H and O–H groups in total. The molecule has 0 amide bonds. The average molecular weight is 242 g/mol. The standard InChI is InChI=1S/C6H10O7S.2Li.2H/c1-2-13-6(9)4(3-5(7)8)14(10,11)12;;;;/h4H,2-3H2,1H3,(H,7,8)(H,10,11,12);;;;/q;2*+1;2*-1. The number of carbonyl (C=O) groups excluding carboxylic acids is 1. The van der Waals surface area contributed by atoms with Gasteiger partial charge in [0.15, 0.2) is 5.25 Å². The number of carboxylic acids is 1. The summed E-state index contributed by atoms with van der Waals surface area (Å²) in [5, 5.41) is 6.23. The first-order chi connectivity index (χ1) is 6.29. The molecular weight excluding hydrogens is 230 g/mol. The van der Waals surface area contributed by atoms with Gasteiger partial charge in [-0.1, -0.05) is 0 Å². The van der Waals surface area contributed by atoms with Crippen LogP contribution in [-0.4, -0.2) is 41.9 Å². The molecule has 0 saturated heterocycles. The van der Waals surface area contributed by atoms with Crippen LogP contribution in [0.4, 0.5) is 0 Å². The van der Waals surface area contributed by atoms with E-state index in [9.17, 15) is 18.0 Å². The van der Waals surface area contributed by atoms with Crippen LogP contribution < -0.4 is 37.7 Å². The van der Waals surface area contributed by atoms with Crippen LogP contribution in [0.15, 0.2) is 0 Å². The van der Waals surface area contributed by atoms with Crippen molar-refractivity contribution < 1.29 is 73.0 Å². The summed E-state index contributed by atoms with van der Waals surface area (Å²) in [6.45, 7) is 1.34. The molecule has 0 radical (unpaired) electrons. The van der Waals surface area contributed by atoms with E-state index in [0.29, 0.717) is 0 Å². The zero-order valence-corrected chi connectivity index (χ0v) is 10.2. The van der Waals surface area contributed by atoms with Crippen molar-refractivity contribution in [3.63, 3.8) is 0 Å². The van der Waals surface area contributed by atoms with Gasteiger partial charge in [-0.3, -0.25) is 14.1 Å². The Balaban J connectivity index is -0.000000141. The van der Waals surface area contributed by atoms with E-state index < -0.39 is 33.7 Å². The molecule has 0 aromatic rings. The Morgan fingerprint density at radius 1 is 1.38 bits per heavy atom. The summed E-state index contributed by atoms with van der Waals surface area (Å²) in [4.78, 5) is 21.1. The Bertz CT molecular complexity index is 335. The minimum Gasteiger partial charge on any atom is -1.00 e. The van der Waals surface area contributed by atoms with Crippen LogP contribution in [0.3, 0.4) is 0 Å². The second-order valence-electron chi connectivity index (χ2n) is 2.35. The quantitative estimate of drug-likeness (QED) is 0.279. The van der Waals surface area contributed by atoms with Gasteiger partial charge >= 0.3 is 49.7 Å². The molecule has 0 fully saturated rings. The summed E-state index contributed by atoms with van der Waals surface area (Å²) in [5.74, 6) is -2.78. The van der Waals surface area contributed by atoms with Crippen molar-refractivity contribution in [3.8, 4) is 0 Å². The van der Waals surface area contributed by atoms with E-state index in [0.717, 1.165) is 0 Å². The number of aliphatic carboxylic acids is 1. The van der Waals surface area contributed by atoms with Gasteiger partial charge in [0.1, 0.15) is 0 Å². The van der Waals surface area contributed by atoms with Gasteiger partial charge in [-0.25, -0.2) is 0 Å². The summed E-state index contributed by atoms with van der Waals surface area (Å²) < 4.78 is 34.0. The molecule has 0 aromatic heterocycles. The van der Waals surface area contributed by atoms with Crippen LogP contribution in [0.1, 0.15) is 16.2 Å². The topological polar surface area (TPSA) is 118 Å². The minimum absolute atomic E-state index is 0. The normalized spacial score (nSPS) is 11.6. The second kappa shape index (κ2) is 9.11. The van der Waals surface area contributed by atoms with E-state index in [1.54, 1.807) is 0 Å². The third-order valence-corrected chi connectivity index (χ3v) is 2.35. The molecule has 10 heteroatoms. The SMILES string of the molecule is CCOC(=O)C(CC(=O)O)S(=O)(=O)O.[H-].[H-].[Li+].[Li+]. The van der Waals surface area contributed by atoms with Crippen molar-refractivity contribution in [1.29, 1.82) is 0 Å². The van der Waals surface area contributed by atoms with Crippen molar-refractivity contribution in [2.75, 3.05) is 6.61 Å². The van der Waals surface area contributed by atoms with Crippen molar-refractivity contribution in [1.82, 2.24) is 0 Å². The molecule has 86 valence electrons. The Morgan fingerprint density at radius 3 is 2.06 bits per heavy atom. The van der Waals surface area contributed by atoms with Crippen molar-refractivity contribution in [2.24, 2.45) is 0 Å². The van der Waals surface area contributed by atoms with Gasteiger partial charge in [-0.05, 0) is 6.92 Å². The maximum absolute atomic E-state index is 10.9. The number of hydrogen-bond donors (Lipinski definition) is 2. The van der Waals surface area contributed by atoms with Crippen molar-refractivity contribution in [2.45, 2.75) is 18.6 Å². The van der Waals surface area contributed by atoms with Gasteiger partial charge in [0, 0.05) is 0 Å². The molecule has 0 aliphatic carbocycles. The fraction of sp³-hybridized carbons (Fsp3) is 0.667. The number of carboxylic acid groups (broad SMARTS) is 1. The largest absolute Gasteiger partial charge is 1.00 e. The Labute approximate surface area is 120 Å². The first-order valence-corrected chi connectivity index (χ1v) is 5.14.